The summed E-state index contributed by atoms with van der Waals surface area (Å²) < 4.78 is 11.3. The number of furan rings is 1. The molecule has 0 amide bonds. The molecule has 3 nitrogen and oxygen atoms in total. The number of phenols is 1. The minimum absolute atomic E-state index is 0.134. The molecular weight excluding hydrogens is 240 g/mol. The van der Waals surface area contributed by atoms with Crippen LogP contribution in [0.5, 0.6) is 11.5 Å². The molecule has 0 bridgehead atoms. The van der Waals surface area contributed by atoms with Gasteiger partial charge in [-0.1, -0.05) is 30.3 Å². The van der Waals surface area contributed by atoms with Crippen molar-refractivity contribution in [3.63, 3.8) is 0 Å². The summed E-state index contributed by atoms with van der Waals surface area (Å²) in [6.07, 6.45) is 0. The van der Waals surface area contributed by atoms with E-state index in [0.717, 1.165) is 22.3 Å². The van der Waals surface area contributed by atoms with Gasteiger partial charge in [-0.3, -0.25) is 0 Å². The van der Waals surface area contributed by atoms with Crippen LogP contribution < -0.4 is 4.74 Å². The van der Waals surface area contributed by atoms with E-state index in [0.29, 0.717) is 12.4 Å². The standard InChI is InChI=1S/C16H14O3/c1-11-5-4-6-12-9-13(19-16(11)12)10-18-15-8-3-2-7-14(15)17/h2-9,17H,10H2,1H3. The molecule has 3 aromatic rings. The molecule has 0 spiro atoms. The second-order valence-electron chi connectivity index (χ2n) is 4.46. The number of aryl methyl sites for hydroxylation is 1. The molecule has 1 aromatic heterocycles. The Morgan fingerprint density at radius 2 is 1.95 bits per heavy atom. The van der Waals surface area contributed by atoms with Crippen molar-refractivity contribution in [1.82, 2.24) is 0 Å². The van der Waals surface area contributed by atoms with E-state index in [9.17, 15) is 5.11 Å². The van der Waals surface area contributed by atoms with Crippen LogP contribution in [0.4, 0.5) is 0 Å². The largest absolute Gasteiger partial charge is 0.504 e. The third-order valence-corrected chi connectivity index (χ3v) is 3.03. The minimum atomic E-state index is 0.134. The second-order valence-corrected chi connectivity index (χ2v) is 4.46. The third kappa shape index (κ3) is 2.27. The van der Waals surface area contributed by atoms with Gasteiger partial charge in [-0.15, -0.1) is 0 Å². The Balaban J connectivity index is 1.83. The van der Waals surface area contributed by atoms with Gasteiger partial charge >= 0.3 is 0 Å². The van der Waals surface area contributed by atoms with Crippen LogP contribution in [0.15, 0.2) is 52.9 Å². The molecule has 0 radical (unpaired) electrons. The molecule has 0 fully saturated rings. The molecule has 3 rings (SSSR count). The molecular formula is C16H14O3. The quantitative estimate of drug-likeness (QED) is 0.767. The number of hydrogen-bond acceptors (Lipinski definition) is 3. The van der Waals surface area contributed by atoms with Crippen LogP contribution in [-0.4, -0.2) is 5.11 Å². The number of para-hydroxylation sites is 3. The predicted octanol–water partition coefficient (Wildman–Crippen LogP) is 4.03. The number of ether oxygens (including phenoxy) is 1. The summed E-state index contributed by atoms with van der Waals surface area (Å²) in [7, 11) is 0. The Bertz CT molecular complexity index is 713. The molecule has 96 valence electrons. The van der Waals surface area contributed by atoms with Gasteiger partial charge in [-0.25, -0.2) is 0 Å². The molecule has 3 heteroatoms. The van der Waals surface area contributed by atoms with Gasteiger partial charge in [0.2, 0.25) is 0 Å². The number of fused-ring (bicyclic) bond motifs is 1. The zero-order valence-electron chi connectivity index (χ0n) is 10.6. The fourth-order valence-corrected chi connectivity index (χ4v) is 2.06. The molecule has 0 saturated heterocycles. The van der Waals surface area contributed by atoms with Gasteiger partial charge in [-0.05, 0) is 30.7 Å². The number of rotatable bonds is 3. The van der Waals surface area contributed by atoms with Gasteiger partial charge in [0.1, 0.15) is 18.0 Å². The van der Waals surface area contributed by atoms with Crippen LogP contribution in [0.3, 0.4) is 0 Å². The van der Waals surface area contributed by atoms with E-state index in [1.54, 1.807) is 18.2 Å². The van der Waals surface area contributed by atoms with Gasteiger partial charge in [0.25, 0.3) is 0 Å². The highest BCUT2D eigenvalue weighted by Gasteiger charge is 2.07. The normalized spacial score (nSPS) is 10.8. The van der Waals surface area contributed by atoms with Crippen molar-refractivity contribution in [3.05, 3.63) is 59.9 Å². The first-order valence-electron chi connectivity index (χ1n) is 6.13. The lowest BCUT2D eigenvalue weighted by molar-refractivity contribution is 0.262. The van der Waals surface area contributed by atoms with Crippen molar-refractivity contribution in [3.8, 4) is 11.5 Å². The Morgan fingerprint density at radius 1 is 1.11 bits per heavy atom. The lowest BCUT2D eigenvalue weighted by atomic mass is 10.2. The molecule has 2 aromatic carbocycles. The minimum Gasteiger partial charge on any atom is -0.504 e. The lowest BCUT2D eigenvalue weighted by Crippen LogP contribution is -1.93. The maximum atomic E-state index is 9.62. The van der Waals surface area contributed by atoms with Crippen LogP contribution in [0.25, 0.3) is 11.0 Å². The van der Waals surface area contributed by atoms with Gasteiger partial charge < -0.3 is 14.3 Å². The van der Waals surface area contributed by atoms with E-state index in [2.05, 4.69) is 0 Å². The first-order valence-corrected chi connectivity index (χ1v) is 6.13. The van der Waals surface area contributed by atoms with E-state index in [1.165, 1.54) is 0 Å². The van der Waals surface area contributed by atoms with Crippen molar-refractivity contribution in [1.29, 1.82) is 0 Å². The summed E-state index contributed by atoms with van der Waals surface area (Å²) in [6, 6.07) is 14.9. The summed E-state index contributed by atoms with van der Waals surface area (Å²) in [4.78, 5) is 0. The second kappa shape index (κ2) is 4.69. The Labute approximate surface area is 111 Å². The van der Waals surface area contributed by atoms with Crippen molar-refractivity contribution < 1.29 is 14.3 Å². The molecule has 1 N–H and O–H groups in total. The fraction of sp³-hybridized carbons (Fsp3) is 0.125. The summed E-state index contributed by atoms with van der Waals surface area (Å²) in [5.41, 5.74) is 1.99. The average Bonchev–Trinajstić information content (AvgIpc) is 2.82. The number of benzene rings is 2. The monoisotopic (exact) mass is 254 g/mol. The highest BCUT2D eigenvalue weighted by Crippen LogP contribution is 2.27. The smallest absolute Gasteiger partial charge is 0.161 e. The molecule has 0 unspecified atom stereocenters. The van der Waals surface area contributed by atoms with E-state index in [4.69, 9.17) is 9.15 Å². The molecule has 0 atom stereocenters. The Kier molecular flexibility index (Phi) is 2.88. The fourth-order valence-electron chi connectivity index (χ4n) is 2.06. The molecule has 0 aliphatic rings. The van der Waals surface area contributed by atoms with Crippen LogP contribution in [0, 0.1) is 6.92 Å². The van der Waals surface area contributed by atoms with Crippen molar-refractivity contribution in [2.75, 3.05) is 0 Å². The van der Waals surface area contributed by atoms with Gasteiger partial charge in [0.05, 0.1) is 0 Å². The topological polar surface area (TPSA) is 42.6 Å². The zero-order chi connectivity index (χ0) is 13.2. The Morgan fingerprint density at radius 3 is 2.74 bits per heavy atom. The Hall–Kier alpha value is -2.42. The molecule has 1 heterocycles. The maximum absolute atomic E-state index is 9.62. The first kappa shape index (κ1) is 11.7. The van der Waals surface area contributed by atoms with Crippen molar-refractivity contribution >= 4 is 11.0 Å². The SMILES string of the molecule is Cc1cccc2cc(COc3ccccc3O)oc12. The van der Waals surface area contributed by atoms with Gasteiger partial charge in [0.15, 0.2) is 11.5 Å². The molecule has 0 saturated carbocycles. The summed E-state index contributed by atoms with van der Waals surface area (Å²) in [6.45, 7) is 2.31. The first-order chi connectivity index (χ1) is 9.24. The predicted molar refractivity (Wildman–Crippen MR) is 73.4 cm³/mol. The molecule has 0 aliphatic heterocycles. The molecule has 19 heavy (non-hydrogen) atoms. The zero-order valence-corrected chi connectivity index (χ0v) is 10.6. The van der Waals surface area contributed by atoms with Crippen molar-refractivity contribution in [2.24, 2.45) is 0 Å². The highest BCUT2D eigenvalue weighted by atomic mass is 16.5. The van der Waals surface area contributed by atoms with E-state index in [1.807, 2.05) is 37.3 Å². The number of aromatic hydroxyl groups is 1. The van der Waals surface area contributed by atoms with Crippen LogP contribution >= 0.6 is 0 Å². The average molecular weight is 254 g/mol. The van der Waals surface area contributed by atoms with E-state index >= 15 is 0 Å². The summed E-state index contributed by atoms with van der Waals surface area (Å²) >= 11 is 0. The van der Waals surface area contributed by atoms with E-state index < -0.39 is 0 Å². The maximum Gasteiger partial charge on any atom is 0.161 e. The summed E-state index contributed by atoms with van der Waals surface area (Å²) in [5, 5.41) is 10.7. The number of phenolic OH excluding ortho intramolecular Hbond substituents is 1. The van der Waals surface area contributed by atoms with Gasteiger partial charge in [-0.2, -0.15) is 0 Å². The van der Waals surface area contributed by atoms with Crippen LogP contribution in [0.1, 0.15) is 11.3 Å². The van der Waals surface area contributed by atoms with Crippen molar-refractivity contribution in [2.45, 2.75) is 13.5 Å². The van der Waals surface area contributed by atoms with Gasteiger partial charge in [0, 0.05) is 5.39 Å². The lowest BCUT2D eigenvalue weighted by Gasteiger charge is -2.05. The van der Waals surface area contributed by atoms with Crippen LogP contribution in [0.2, 0.25) is 0 Å². The summed E-state index contributed by atoms with van der Waals surface area (Å²) in [5.74, 6) is 1.34. The molecule has 0 aliphatic carbocycles. The highest BCUT2D eigenvalue weighted by molar-refractivity contribution is 5.80. The van der Waals surface area contributed by atoms with E-state index in [-0.39, 0.29) is 5.75 Å². The third-order valence-electron chi connectivity index (χ3n) is 3.03. The van der Waals surface area contributed by atoms with Crippen LogP contribution in [-0.2, 0) is 6.61 Å². The number of hydrogen-bond donors (Lipinski definition) is 1.